The molecule has 1 amide bonds. The first-order chi connectivity index (χ1) is 15.3. The second-order valence-corrected chi connectivity index (χ2v) is 6.94. The number of aryl methyl sites for hydroxylation is 1. The summed E-state index contributed by atoms with van der Waals surface area (Å²) in [5, 5.41) is 7.21. The molecule has 0 unspecified atom stereocenters. The average molecular weight is 433 g/mol. The summed E-state index contributed by atoms with van der Waals surface area (Å²) in [6.45, 7) is 3.79. The number of methoxy groups -OCH3 is 2. The number of anilines is 1. The third-order valence-electron chi connectivity index (χ3n) is 4.79. The third kappa shape index (κ3) is 4.92. The summed E-state index contributed by atoms with van der Waals surface area (Å²) in [4.78, 5) is 36.3. The number of nitrogens with zero attached hydrogens (tertiary/aromatic N) is 2. The first kappa shape index (κ1) is 22.5. The number of carbonyl (C=O) groups excluding carboxylic acids is 3. The smallest absolute Gasteiger partial charge is 0.337 e. The molecule has 0 aliphatic rings. The molecule has 2 aromatic carbocycles. The number of amides is 1. The Hall–Kier alpha value is -4.20. The van der Waals surface area contributed by atoms with Crippen molar-refractivity contribution in [1.29, 1.82) is 0 Å². The highest BCUT2D eigenvalue weighted by Crippen LogP contribution is 2.20. The first-order valence-corrected chi connectivity index (χ1v) is 9.76. The molecule has 0 atom stereocenters. The maximum absolute atomic E-state index is 12.5. The molecule has 0 saturated carbocycles. The summed E-state index contributed by atoms with van der Waals surface area (Å²) in [6.07, 6.45) is 3.05. The second kappa shape index (κ2) is 9.74. The standard InChI is InChI=1S/C24H23N3O5/c1-15-21(16(2)27(26-15)20-8-6-5-7-9-20)10-11-22(28)25-19-13-17(23(29)31-3)12-18(14-19)24(30)32-4/h5-14H,1-4H3,(H,25,28)/b11-10+. The lowest BCUT2D eigenvalue weighted by atomic mass is 10.1. The molecule has 1 heterocycles. The Labute approximate surface area is 185 Å². The zero-order chi connectivity index (χ0) is 23.3. The van der Waals surface area contributed by atoms with E-state index in [9.17, 15) is 14.4 Å². The number of hydrogen-bond acceptors (Lipinski definition) is 6. The molecular formula is C24H23N3O5. The molecule has 164 valence electrons. The SMILES string of the molecule is COC(=O)c1cc(NC(=O)/C=C/c2c(C)nn(-c3ccccc3)c2C)cc(C(=O)OC)c1. The maximum atomic E-state index is 12.5. The number of benzene rings is 2. The van der Waals surface area contributed by atoms with E-state index in [2.05, 4.69) is 10.4 Å². The van der Waals surface area contributed by atoms with Gasteiger partial charge in [-0.05, 0) is 50.3 Å². The number of aromatic nitrogens is 2. The van der Waals surface area contributed by atoms with Crippen LogP contribution in [-0.2, 0) is 14.3 Å². The van der Waals surface area contributed by atoms with Gasteiger partial charge in [0.25, 0.3) is 0 Å². The number of esters is 2. The van der Waals surface area contributed by atoms with Crippen LogP contribution in [0.15, 0.2) is 54.6 Å². The molecule has 0 bridgehead atoms. The Kier molecular flexibility index (Phi) is 6.84. The van der Waals surface area contributed by atoms with E-state index >= 15 is 0 Å². The lowest BCUT2D eigenvalue weighted by Crippen LogP contribution is -2.12. The number of ether oxygens (including phenoxy) is 2. The largest absolute Gasteiger partial charge is 0.465 e. The molecule has 0 aliphatic carbocycles. The number of rotatable bonds is 6. The van der Waals surface area contributed by atoms with Crippen molar-refractivity contribution in [2.24, 2.45) is 0 Å². The molecule has 0 spiro atoms. The molecule has 1 N–H and O–H groups in total. The van der Waals surface area contributed by atoms with Crippen molar-refractivity contribution in [2.75, 3.05) is 19.5 Å². The molecule has 1 aromatic heterocycles. The molecule has 8 heteroatoms. The third-order valence-corrected chi connectivity index (χ3v) is 4.79. The van der Waals surface area contributed by atoms with E-state index in [-0.39, 0.29) is 16.8 Å². The molecule has 0 radical (unpaired) electrons. The van der Waals surface area contributed by atoms with Crippen LogP contribution in [0.1, 0.15) is 37.7 Å². The topological polar surface area (TPSA) is 99.5 Å². The fourth-order valence-corrected chi connectivity index (χ4v) is 3.23. The monoisotopic (exact) mass is 433 g/mol. The minimum Gasteiger partial charge on any atom is -0.465 e. The van der Waals surface area contributed by atoms with Crippen molar-refractivity contribution in [3.8, 4) is 5.69 Å². The van der Waals surface area contributed by atoms with Crippen molar-refractivity contribution in [3.63, 3.8) is 0 Å². The minimum atomic E-state index is -0.638. The van der Waals surface area contributed by atoms with Gasteiger partial charge in [-0.25, -0.2) is 14.3 Å². The Morgan fingerprint density at radius 1 is 0.938 bits per heavy atom. The van der Waals surface area contributed by atoms with E-state index in [1.54, 1.807) is 6.08 Å². The van der Waals surface area contributed by atoms with Crippen LogP contribution in [0.4, 0.5) is 5.69 Å². The van der Waals surface area contributed by atoms with Crippen molar-refractivity contribution < 1.29 is 23.9 Å². The zero-order valence-electron chi connectivity index (χ0n) is 18.2. The molecule has 0 fully saturated rings. The van der Waals surface area contributed by atoms with E-state index in [1.807, 2.05) is 48.9 Å². The Morgan fingerprint density at radius 3 is 2.09 bits per heavy atom. The molecule has 8 nitrogen and oxygen atoms in total. The lowest BCUT2D eigenvalue weighted by Gasteiger charge is -2.08. The van der Waals surface area contributed by atoms with E-state index in [1.165, 1.54) is 38.5 Å². The fraction of sp³-hybridized carbons (Fsp3) is 0.167. The normalized spacial score (nSPS) is 10.8. The summed E-state index contributed by atoms with van der Waals surface area (Å²) in [7, 11) is 2.46. The van der Waals surface area contributed by atoms with Gasteiger partial charge in [0.2, 0.25) is 5.91 Å². The van der Waals surface area contributed by atoms with Gasteiger partial charge in [0.1, 0.15) is 0 Å². The van der Waals surface area contributed by atoms with E-state index < -0.39 is 17.8 Å². The van der Waals surface area contributed by atoms with Gasteiger partial charge in [-0.15, -0.1) is 0 Å². The average Bonchev–Trinajstić information content (AvgIpc) is 3.09. The summed E-state index contributed by atoms with van der Waals surface area (Å²) >= 11 is 0. The van der Waals surface area contributed by atoms with Crippen LogP contribution < -0.4 is 5.32 Å². The predicted molar refractivity (Wildman–Crippen MR) is 120 cm³/mol. The van der Waals surface area contributed by atoms with Gasteiger partial charge in [0.15, 0.2) is 0 Å². The molecule has 0 aliphatic heterocycles. The van der Waals surface area contributed by atoms with Gasteiger partial charge in [-0.1, -0.05) is 18.2 Å². The van der Waals surface area contributed by atoms with Crippen LogP contribution in [0.25, 0.3) is 11.8 Å². The lowest BCUT2D eigenvalue weighted by molar-refractivity contribution is -0.111. The highest BCUT2D eigenvalue weighted by molar-refractivity contribution is 6.04. The van der Waals surface area contributed by atoms with Gasteiger partial charge < -0.3 is 14.8 Å². The van der Waals surface area contributed by atoms with Crippen molar-refractivity contribution in [1.82, 2.24) is 9.78 Å². The van der Waals surface area contributed by atoms with E-state index in [0.29, 0.717) is 0 Å². The van der Waals surface area contributed by atoms with Crippen LogP contribution in [-0.4, -0.2) is 41.8 Å². The Morgan fingerprint density at radius 2 is 1.53 bits per heavy atom. The highest BCUT2D eigenvalue weighted by atomic mass is 16.5. The van der Waals surface area contributed by atoms with Gasteiger partial charge in [-0.3, -0.25) is 4.79 Å². The second-order valence-electron chi connectivity index (χ2n) is 6.94. The maximum Gasteiger partial charge on any atom is 0.337 e. The molecule has 0 saturated heterocycles. The van der Waals surface area contributed by atoms with Crippen molar-refractivity contribution in [2.45, 2.75) is 13.8 Å². The highest BCUT2D eigenvalue weighted by Gasteiger charge is 2.15. The van der Waals surface area contributed by atoms with Gasteiger partial charge >= 0.3 is 11.9 Å². The van der Waals surface area contributed by atoms with Gasteiger partial charge in [-0.2, -0.15) is 5.10 Å². The van der Waals surface area contributed by atoms with E-state index in [0.717, 1.165) is 22.6 Å². The summed E-state index contributed by atoms with van der Waals surface area (Å²) < 4.78 is 11.2. The van der Waals surface area contributed by atoms with Gasteiger partial charge in [0.05, 0.1) is 36.7 Å². The quantitative estimate of drug-likeness (QED) is 0.470. The van der Waals surface area contributed by atoms with Gasteiger partial charge in [0, 0.05) is 23.0 Å². The Balaban J connectivity index is 1.84. The van der Waals surface area contributed by atoms with Crippen LogP contribution in [0, 0.1) is 13.8 Å². The molecular weight excluding hydrogens is 410 g/mol. The first-order valence-electron chi connectivity index (χ1n) is 9.76. The van der Waals surface area contributed by atoms with E-state index in [4.69, 9.17) is 9.47 Å². The number of para-hydroxylation sites is 1. The predicted octanol–water partition coefficient (Wildman–Crippen LogP) is 3.71. The molecule has 32 heavy (non-hydrogen) atoms. The van der Waals surface area contributed by atoms with Crippen LogP contribution in [0.5, 0.6) is 0 Å². The molecule has 3 rings (SSSR count). The van der Waals surface area contributed by atoms with Crippen LogP contribution in [0.2, 0.25) is 0 Å². The molecule has 3 aromatic rings. The van der Waals surface area contributed by atoms with Crippen molar-refractivity contribution >= 4 is 29.6 Å². The van der Waals surface area contributed by atoms with Crippen LogP contribution in [0.3, 0.4) is 0 Å². The Bertz CT molecular complexity index is 1160. The zero-order valence-corrected chi connectivity index (χ0v) is 18.2. The fourth-order valence-electron chi connectivity index (χ4n) is 3.23. The summed E-state index contributed by atoms with van der Waals surface area (Å²) in [6, 6.07) is 13.9. The van der Waals surface area contributed by atoms with Crippen LogP contribution >= 0.6 is 0 Å². The minimum absolute atomic E-state index is 0.116. The number of nitrogens with one attached hydrogen (secondary N) is 1. The summed E-state index contributed by atoms with van der Waals surface area (Å²) in [5.41, 5.74) is 3.90. The number of carbonyl (C=O) groups is 3. The number of hydrogen-bond donors (Lipinski definition) is 1. The van der Waals surface area contributed by atoms with Crippen molar-refractivity contribution in [3.05, 3.63) is 82.7 Å². The summed E-state index contributed by atoms with van der Waals surface area (Å²) in [5.74, 6) is -1.71.